The van der Waals surface area contributed by atoms with Gasteiger partial charge in [0.25, 0.3) is 0 Å². The standard InChI is InChI=1S/C10H9ClO/c1-12-8-2-3-9-4-6-10(11)7-5-9/h4-7H,8H2,1H3. The number of hydrogen-bond donors (Lipinski definition) is 0. The third-order valence-electron chi connectivity index (χ3n) is 1.29. The first-order chi connectivity index (χ1) is 5.83. The van der Waals surface area contributed by atoms with Crippen molar-refractivity contribution in [1.82, 2.24) is 0 Å². The highest BCUT2D eigenvalue weighted by Gasteiger charge is 1.85. The first-order valence-corrected chi connectivity index (χ1v) is 3.94. The van der Waals surface area contributed by atoms with E-state index in [1.54, 1.807) is 7.11 Å². The summed E-state index contributed by atoms with van der Waals surface area (Å²) in [7, 11) is 1.62. The Bertz CT molecular complexity index is 292. The monoisotopic (exact) mass is 180 g/mol. The van der Waals surface area contributed by atoms with Crippen LogP contribution >= 0.6 is 11.6 Å². The molecule has 0 unspecified atom stereocenters. The molecule has 12 heavy (non-hydrogen) atoms. The average Bonchev–Trinajstić information content (AvgIpc) is 2.09. The average molecular weight is 181 g/mol. The Balaban J connectivity index is 2.66. The van der Waals surface area contributed by atoms with Crippen molar-refractivity contribution in [3.05, 3.63) is 34.9 Å². The Labute approximate surface area is 77.3 Å². The Morgan fingerprint density at radius 3 is 2.58 bits per heavy atom. The summed E-state index contributed by atoms with van der Waals surface area (Å²) in [6, 6.07) is 7.40. The summed E-state index contributed by atoms with van der Waals surface area (Å²) in [5.74, 6) is 5.79. The van der Waals surface area contributed by atoms with E-state index in [0.29, 0.717) is 6.61 Å². The molecular formula is C10H9ClO. The zero-order valence-corrected chi connectivity index (χ0v) is 7.56. The second-order valence-corrected chi connectivity index (χ2v) is 2.68. The van der Waals surface area contributed by atoms with Crippen LogP contribution in [0.25, 0.3) is 0 Å². The van der Waals surface area contributed by atoms with Gasteiger partial charge >= 0.3 is 0 Å². The molecule has 0 atom stereocenters. The van der Waals surface area contributed by atoms with Crippen molar-refractivity contribution in [2.24, 2.45) is 0 Å². The van der Waals surface area contributed by atoms with Crippen LogP contribution in [0.3, 0.4) is 0 Å². The maximum atomic E-state index is 5.70. The predicted octanol–water partition coefficient (Wildman–Crippen LogP) is 2.34. The van der Waals surface area contributed by atoms with Gasteiger partial charge in [0.05, 0.1) is 0 Å². The van der Waals surface area contributed by atoms with Gasteiger partial charge in [0.2, 0.25) is 0 Å². The first-order valence-electron chi connectivity index (χ1n) is 3.56. The van der Waals surface area contributed by atoms with Crippen molar-refractivity contribution >= 4 is 11.6 Å². The van der Waals surface area contributed by atoms with Gasteiger partial charge in [-0.15, -0.1) is 0 Å². The maximum Gasteiger partial charge on any atom is 0.107 e. The van der Waals surface area contributed by atoms with Crippen LogP contribution in [0.15, 0.2) is 24.3 Å². The molecule has 1 rings (SSSR count). The highest BCUT2D eigenvalue weighted by Crippen LogP contribution is 2.07. The topological polar surface area (TPSA) is 9.23 Å². The van der Waals surface area contributed by atoms with E-state index in [4.69, 9.17) is 16.3 Å². The van der Waals surface area contributed by atoms with Gasteiger partial charge in [0, 0.05) is 17.7 Å². The molecule has 0 saturated heterocycles. The number of halogens is 1. The van der Waals surface area contributed by atoms with Crippen molar-refractivity contribution in [2.75, 3.05) is 13.7 Å². The Kier molecular flexibility index (Phi) is 3.66. The maximum absolute atomic E-state index is 5.70. The van der Waals surface area contributed by atoms with Crippen LogP contribution in [-0.2, 0) is 4.74 Å². The lowest BCUT2D eigenvalue weighted by Crippen LogP contribution is -1.81. The number of rotatable bonds is 1. The van der Waals surface area contributed by atoms with E-state index >= 15 is 0 Å². The number of hydrogen-bond acceptors (Lipinski definition) is 1. The minimum Gasteiger partial charge on any atom is -0.372 e. The van der Waals surface area contributed by atoms with Gasteiger partial charge in [-0.3, -0.25) is 0 Å². The fraction of sp³-hybridized carbons (Fsp3) is 0.200. The third-order valence-corrected chi connectivity index (χ3v) is 1.55. The summed E-state index contributed by atoms with van der Waals surface area (Å²) in [5, 5.41) is 0.729. The molecule has 0 spiro atoms. The van der Waals surface area contributed by atoms with Crippen LogP contribution in [0.5, 0.6) is 0 Å². The minimum absolute atomic E-state index is 0.461. The lowest BCUT2D eigenvalue weighted by Gasteiger charge is -1.89. The van der Waals surface area contributed by atoms with Crippen LogP contribution in [0.2, 0.25) is 5.02 Å². The van der Waals surface area contributed by atoms with Gasteiger partial charge in [-0.25, -0.2) is 0 Å². The predicted molar refractivity (Wildman–Crippen MR) is 50.2 cm³/mol. The van der Waals surface area contributed by atoms with Crippen LogP contribution in [-0.4, -0.2) is 13.7 Å². The Morgan fingerprint density at radius 2 is 2.00 bits per heavy atom. The zero-order chi connectivity index (χ0) is 8.81. The highest BCUT2D eigenvalue weighted by atomic mass is 35.5. The summed E-state index contributed by atoms with van der Waals surface area (Å²) in [6.07, 6.45) is 0. The van der Waals surface area contributed by atoms with E-state index in [0.717, 1.165) is 10.6 Å². The van der Waals surface area contributed by atoms with Gasteiger partial charge in [0.1, 0.15) is 6.61 Å². The van der Waals surface area contributed by atoms with Gasteiger partial charge in [0.15, 0.2) is 0 Å². The largest absolute Gasteiger partial charge is 0.372 e. The van der Waals surface area contributed by atoms with Crippen molar-refractivity contribution in [3.63, 3.8) is 0 Å². The summed E-state index contributed by atoms with van der Waals surface area (Å²) in [5.41, 5.74) is 0.955. The summed E-state index contributed by atoms with van der Waals surface area (Å²) in [6.45, 7) is 0.461. The molecule has 0 N–H and O–H groups in total. The molecule has 1 aromatic rings. The summed E-state index contributed by atoms with van der Waals surface area (Å²) < 4.78 is 4.79. The SMILES string of the molecule is COCC#Cc1ccc(Cl)cc1. The number of ether oxygens (including phenoxy) is 1. The molecule has 0 amide bonds. The fourth-order valence-electron chi connectivity index (χ4n) is 0.744. The van der Waals surface area contributed by atoms with Crippen molar-refractivity contribution < 1.29 is 4.74 Å². The van der Waals surface area contributed by atoms with Gasteiger partial charge < -0.3 is 4.74 Å². The molecular weight excluding hydrogens is 172 g/mol. The van der Waals surface area contributed by atoms with Gasteiger partial charge in [-0.2, -0.15) is 0 Å². The Hall–Kier alpha value is -0.970. The van der Waals surface area contributed by atoms with E-state index < -0.39 is 0 Å². The fourth-order valence-corrected chi connectivity index (χ4v) is 0.870. The summed E-state index contributed by atoms with van der Waals surface area (Å²) in [4.78, 5) is 0. The molecule has 0 heterocycles. The van der Waals surface area contributed by atoms with Crippen LogP contribution in [0, 0.1) is 11.8 Å². The van der Waals surface area contributed by atoms with E-state index in [9.17, 15) is 0 Å². The van der Waals surface area contributed by atoms with Crippen LogP contribution < -0.4 is 0 Å². The van der Waals surface area contributed by atoms with Gasteiger partial charge in [-0.05, 0) is 24.3 Å². The molecule has 0 fully saturated rings. The molecule has 0 saturated carbocycles. The second kappa shape index (κ2) is 4.82. The molecule has 0 aliphatic rings. The molecule has 0 bridgehead atoms. The van der Waals surface area contributed by atoms with Gasteiger partial charge in [-0.1, -0.05) is 23.4 Å². The van der Waals surface area contributed by atoms with E-state index in [1.165, 1.54) is 0 Å². The molecule has 2 heteroatoms. The molecule has 0 radical (unpaired) electrons. The van der Waals surface area contributed by atoms with E-state index in [2.05, 4.69) is 11.8 Å². The smallest absolute Gasteiger partial charge is 0.107 e. The molecule has 0 aromatic heterocycles. The Morgan fingerprint density at radius 1 is 1.33 bits per heavy atom. The lowest BCUT2D eigenvalue weighted by molar-refractivity contribution is 0.240. The van der Waals surface area contributed by atoms with Crippen molar-refractivity contribution in [3.8, 4) is 11.8 Å². The second-order valence-electron chi connectivity index (χ2n) is 2.24. The normalized spacial score (nSPS) is 8.83. The van der Waals surface area contributed by atoms with Crippen molar-refractivity contribution in [2.45, 2.75) is 0 Å². The third kappa shape index (κ3) is 2.96. The number of benzene rings is 1. The highest BCUT2D eigenvalue weighted by molar-refractivity contribution is 6.30. The molecule has 62 valence electrons. The molecule has 1 nitrogen and oxygen atoms in total. The molecule has 0 aliphatic heterocycles. The summed E-state index contributed by atoms with van der Waals surface area (Å²) >= 11 is 5.70. The van der Waals surface area contributed by atoms with Crippen LogP contribution in [0.1, 0.15) is 5.56 Å². The minimum atomic E-state index is 0.461. The van der Waals surface area contributed by atoms with E-state index in [-0.39, 0.29) is 0 Å². The zero-order valence-electron chi connectivity index (χ0n) is 6.80. The quantitative estimate of drug-likeness (QED) is 0.603. The van der Waals surface area contributed by atoms with Crippen LogP contribution in [0.4, 0.5) is 0 Å². The lowest BCUT2D eigenvalue weighted by atomic mass is 10.2. The first kappa shape index (κ1) is 9.12. The molecule has 1 aromatic carbocycles. The number of methoxy groups -OCH3 is 1. The van der Waals surface area contributed by atoms with E-state index in [1.807, 2.05) is 24.3 Å². The molecule has 0 aliphatic carbocycles. The van der Waals surface area contributed by atoms with Crippen molar-refractivity contribution in [1.29, 1.82) is 0 Å².